The molecular weight excluding hydrogens is 222 g/mol. The van der Waals surface area contributed by atoms with Crippen molar-refractivity contribution in [2.24, 2.45) is 5.92 Å². The minimum absolute atomic E-state index is 0.0191. The van der Waals surface area contributed by atoms with Crippen LogP contribution in [-0.2, 0) is 5.41 Å². The highest BCUT2D eigenvalue weighted by molar-refractivity contribution is 6.32. The van der Waals surface area contributed by atoms with Crippen molar-refractivity contribution in [2.75, 3.05) is 7.11 Å². The lowest BCUT2D eigenvalue weighted by molar-refractivity contribution is 0.414. The summed E-state index contributed by atoms with van der Waals surface area (Å²) in [5, 5.41) is 9.57. The van der Waals surface area contributed by atoms with E-state index >= 15 is 0 Å². The van der Waals surface area contributed by atoms with Crippen molar-refractivity contribution < 1.29 is 4.74 Å². The second kappa shape index (κ2) is 3.68. The van der Waals surface area contributed by atoms with Gasteiger partial charge in [0.1, 0.15) is 5.75 Å². The molecule has 3 heteroatoms. The average molecular weight is 236 g/mol. The van der Waals surface area contributed by atoms with Gasteiger partial charge in [-0.05, 0) is 36.6 Å². The Morgan fingerprint density at radius 1 is 1.56 bits per heavy atom. The first-order valence-electron chi connectivity index (χ1n) is 5.27. The summed E-state index contributed by atoms with van der Waals surface area (Å²) in [6.45, 7) is 4.15. The van der Waals surface area contributed by atoms with Crippen LogP contribution < -0.4 is 4.74 Å². The molecule has 2 atom stereocenters. The number of rotatable bonds is 2. The van der Waals surface area contributed by atoms with Crippen LogP contribution in [0, 0.1) is 24.2 Å². The van der Waals surface area contributed by atoms with E-state index in [4.69, 9.17) is 21.6 Å². The van der Waals surface area contributed by atoms with Crippen molar-refractivity contribution in [2.45, 2.75) is 25.7 Å². The number of halogens is 1. The van der Waals surface area contributed by atoms with E-state index in [-0.39, 0.29) is 11.3 Å². The molecule has 84 valence electrons. The quantitative estimate of drug-likeness (QED) is 0.787. The molecule has 0 heterocycles. The van der Waals surface area contributed by atoms with E-state index in [0.717, 1.165) is 12.0 Å². The number of ether oxygens (including phenoxy) is 1. The molecule has 2 nitrogen and oxygen atoms in total. The highest BCUT2D eigenvalue weighted by Crippen LogP contribution is 2.55. The number of hydrogen-bond acceptors (Lipinski definition) is 2. The largest absolute Gasteiger partial charge is 0.495 e. The van der Waals surface area contributed by atoms with Crippen LogP contribution in [0.25, 0.3) is 0 Å². The molecule has 0 aliphatic heterocycles. The van der Waals surface area contributed by atoms with Gasteiger partial charge in [-0.1, -0.05) is 18.5 Å². The molecule has 1 fully saturated rings. The number of hydrogen-bond donors (Lipinski definition) is 0. The molecule has 0 amide bonds. The number of nitrogens with zero attached hydrogens (tertiary/aromatic N) is 1. The van der Waals surface area contributed by atoms with Gasteiger partial charge in [-0.15, -0.1) is 0 Å². The van der Waals surface area contributed by atoms with Crippen LogP contribution in [0.2, 0.25) is 5.02 Å². The van der Waals surface area contributed by atoms with Crippen molar-refractivity contribution in [1.29, 1.82) is 5.26 Å². The monoisotopic (exact) mass is 235 g/mol. The fourth-order valence-corrected chi connectivity index (χ4v) is 2.52. The first-order chi connectivity index (χ1) is 7.52. The van der Waals surface area contributed by atoms with Gasteiger partial charge in [-0.3, -0.25) is 0 Å². The summed E-state index contributed by atoms with van der Waals surface area (Å²) in [4.78, 5) is 0. The lowest BCUT2D eigenvalue weighted by Crippen LogP contribution is -2.06. The van der Waals surface area contributed by atoms with Crippen LogP contribution in [0.15, 0.2) is 12.1 Å². The second-order valence-corrected chi connectivity index (χ2v) is 5.01. The molecule has 1 aromatic carbocycles. The first-order valence-corrected chi connectivity index (χ1v) is 5.65. The summed E-state index contributed by atoms with van der Waals surface area (Å²) in [5.74, 6) is 0.816. The Morgan fingerprint density at radius 3 is 2.75 bits per heavy atom. The average Bonchev–Trinajstić information content (AvgIpc) is 2.93. The van der Waals surface area contributed by atoms with Gasteiger partial charge in [0.25, 0.3) is 0 Å². The summed E-state index contributed by atoms with van der Waals surface area (Å²) < 4.78 is 5.17. The molecule has 2 unspecified atom stereocenters. The first kappa shape index (κ1) is 11.3. The maximum Gasteiger partial charge on any atom is 0.137 e. The molecule has 0 radical (unpaired) electrons. The summed E-state index contributed by atoms with van der Waals surface area (Å²) >= 11 is 6.12. The van der Waals surface area contributed by atoms with Crippen LogP contribution in [0.1, 0.15) is 24.5 Å². The molecule has 1 saturated carbocycles. The van der Waals surface area contributed by atoms with Crippen LogP contribution in [-0.4, -0.2) is 7.11 Å². The second-order valence-electron chi connectivity index (χ2n) is 4.60. The Bertz CT molecular complexity index is 478. The van der Waals surface area contributed by atoms with E-state index < -0.39 is 0 Å². The fourth-order valence-electron chi connectivity index (χ4n) is 2.28. The van der Waals surface area contributed by atoms with Gasteiger partial charge in [0.15, 0.2) is 0 Å². The van der Waals surface area contributed by atoms with Crippen LogP contribution in [0.4, 0.5) is 0 Å². The molecule has 1 aliphatic carbocycles. The molecule has 0 aromatic heterocycles. The molecule has 0 spiro atoms. The molecule has 0 saturated heterocycles. The van der Waals surface area contributed by atoms with Crippen molar-refractivity contribution >= 4 is 11.6 Å². The molecular formula is C13H14ClNO. The normalized spacial score (nSPS) is 27.3. The van der Waals surface area contributed by atoms with Crippen molar-refractivity contribution in [3.63, 3.8) is 0 Å². The zero-order valence-corrected chi connectivity index (χ0v) is 10.4. The zero-order valence-electron chi connectivity index (χ0n) is 9.67. The summed E-state index contributed by atoms with van der Waals surface area (Å²) in [7, 11) is 1.61. The van der Waals surface area contributed by atoms with Gasteiger partial charge in [0, 0.05) is 5.41 Å². The molecule has 16 heavy (non-hydrogen) atoms. The summed E-state index contributed by atoms with van der Waals surface area (Å²) in [6.07, 6.45) is 0.924. The third-order valence-electron chi connectivity index (χ3n) is 3.51. The van der Waals surface area contributed by atoms with E-state index in [0.29, 0.717) is 10.8 Å². The third kappa shape index (κ3) is 1.56. The predicted molar refractivity (Wildman–Crippen MR) is 63.8 cm³/mol. The third-order valence-corrected chi connectivity index (χ3v) is 3.80. The molecule has 1 aliphatic rings. The van der Waals surface area contributed by atoms with E-state index in [9.17, 15) is 0 Å². The van der Waals surface area contributed by atoms with Crippen LogP contribution in [0.3, 0.4) is 0 Å². The van der Waals surface area contributed by atoms with Crippen LogP contribution in [0.5, 0.6) is 5.75 Å². The summed E-state index contributed by atoms with van der Waals surface area (Å²) in [6, 6.07) is 6.21. The zero-order chi connectivity index (χ0) is 11.9. The van der Waals surface area contributed by atoms with Gasteiger partial charge >= 0.3 is 0 Å². The van der Waals surface area contributed by atoms with Gasteiger partial charge in [0.05, 0.1) is 24.1 Å². The molecule has 1 aromatic rings. The Labute approximate surface area is 101 Å². The molecule has 2 rings (SSSR count). The highest BCUT2D eigenvalue weighted by atomic mass is 35.5. The summed E-state index contributed by atoms with van der Waals surface area (Å²) in [5.41, 5.74) is 2.29. The van der Waals surface area contributed by atoms with Crippen molar-refractivity contribution in [3.05, 3.63) is 28.3 Å². The lowest BCUT2D eigenvalue weighted by atomic mass is 9.91. The minimum Gasteiger partial charge on any atom is -0.495 e. The standard InChI is InChI=1S/C13H14ClNO/c1-8-4-12(16-3)11(14)5-10(8)13(2)6-9(13)7-15/h4-5,9H,6H2,1-3H3. The lowest BCUT2D eigenvalue weighted by Gasteiger charge is -2.15. The number of methoxy groups -OCH3 is 1. The Morgan fingerprint density at radius 2 is 2.25 bits per heavy atom. The maximum absolute atomic E-state index is 8.96. The van der Waals surface area contributed by atoms with E-state index in [2.05, 4.69) is 13.0 Å². The minimum atomic E-state index is -0.0191. The fraction of sp³-hybridized carbons (Fsp3) is 0.462. The van der Waals surface area contributed by atoms with E-state index in [1.807, 2.05) is 19.1 Å². The number of nitriles is 1. The Balaban J connectivity index is 2.45. The van der Waals surface area contributed by atoms with Crippen molar-refractivity contribution in [1.82, 2.24) is 0 Å². The Hall–Kier alpha value is -1.20. The smallest absolute Gasteiger partial charge is 0.137 e. The Kier molecular flexibility index (Phi) is 2.59. The SMILES string of the molecule is COc1cc(C)c(C2(C)CC2C#N)cc1Cl. The number of aryl methyl sites for hydroxylation is 1. The predicted octanol–water partition coefficient (Wildman–Crippen LogP) is 3.46. The van der Waals surface area contributed by atoms with Crippen molar-refractivity contribution in [3.8, 4) is 11.8 Å². The highest BCUT2D eigenvalue weighted by Gasteiger charge is 2.52. The maximum atomic E-state index is 8.96. The van der Waals surface area contributed by atoms with Gasteiger partial charge in [-0.2, -0.15) is 5.26 Å². The van der Waals surface area contributed by atoms with Gasteiger partial charge in [-0.25, -0.2) is 0 Å². The van der Waals surface area contributed by atoms with Gasteiger partial charge < -0.3 is 4.74 Å². The molecule has 0 N–H and O–H groups in total. The van der Waals surface area contributed by atoms with Crippen LogP contribution >= 0.6 is 11.6 Å². The van der Waals surface area contributed by atoms with E-state index in [1.54, 1.807) is 7.11 Å². The topological polar surface area (TPSA) is 33.0 Å². The van der Waals surface area contributed by atoms with Gasteiger partial charge in [0.2, 0.25) is 0 Å². The number of benzene rings is 1. The van der Waals surface area contributed by atoms with E-state index in [1.165, 1.54) is 5.56 Å². The molecule has 0 bridgehead atoms.